The van der Waals surface area contributed by atoms with E-state index in [2.05, 4.69) is 27.4 Å². The average Bonchev–Trinajstić information content (AvgIpc) is 3.16. The smallest absolute Gasteiger partial charge is 0.286 e. The number of nitrogens with zero attached hydrogens (tertiary/aromatic N) is 3. The van der Waals surface area contributed by atoms with Crippen molar-refractivity contribution in [1.82, 2.24) is 20.4 Å². The first-order valence-electron chi connectivity index (χ1n) is 7.38. The molecule has 2 heterocycles. The van der Waals surface area contributed by atoms with Crippen LogP contribution in [0.4, 0.5) is 0 Å². The first-order chi connectivity index (χ1) is 10.7. The maximum Gasteiger partial charge on any atom is 0.286 e. The third kappa shape index (κ3) is 3.65. The lowest BCUT2D eigenvalue weighted by Gasteiger charge is -2.16. The van der Waals surface area contributed by atoms with Crippen LogP contribution in [0.1, 0.15) is 26.2 Å². The van der Waals surface area contributed by atoms with E-state index in [0.717, 1.165) is 12.0 Å². The van der Waals surface area contributed by atoms with E-state index in [9.17, 15) is 4.79 Å². The molecule has 6 nitrogen and oxygen atoms in total. The zero-order valence-electron chi connectivity index (χ0n) is 12.4. The van der Waals surface area contributed by atoms with Crippen LogP contribution in [0.15, 0.2) is 34.3 Å². The zero-order valence-corrected chi connectivity index (χ0v) is 13.2. The molecule has 0 aliphatic heterocycles. The highest BCUT2D eigenvalue weighted by atomic mass is 32.2. The zero-order chi connectivity index (χ0) is 15.4. The Bertz CT molecular complexity index is 631. The summed E-state index contributed by atoms with van der Waals surface area (Å²) in [6.07, 6.45) is 6.82. The van der Waals surface area contributed by atoms with E-state index >= 15 is 0 Å². The molecule has 2 aromatic rings. The summed E-state index contributed by atoms with van der Waals surface area (Å²) in [5, 5.41) is 7.38. The van der Waals surface area contributed by atoms with Gasteiger partial charge in [0.15, 0.2) is 0 Å². The lowest BCUT2D eigenvalue weighted by molar-refractivity contribution is -0.119. The molecule has 0 saturated heterocycles. The van der Waals surface area contributed by atoms with Crippen LogP contribution in [0.25, 0.3) is 11.4 Å². The van der Waals surface area contributed by atoms with E-state index in [1.165, 1.54) is 24.6 Å². The van der Waals surface area contributed by atoms with E-state index in [-0.39, 0.29) is 11.7 Å². The monoisotopic (exact) mass is 318 g/mol. The van der Waals surface area contributed by atoms with Crippen LogP contribution in [0.5, 0.6) is 0 Å². The molecule has 1 N–H and O–H groups in total. The van der Waals surface area contributed by atoms with Crippen LogP contribution < -0.4 is 5.32 Å². The van der Waals surface area contributed by atoms with Crippen molar-refractivity contribution in [3.05, 3.63) is 24.5 Å². The second-order valence-corrected chi connectivity index (χ2v) is 6.42. The molecule has 1 aliphatic rings. The molecule has 1 fully saturated rings. The van der Waals surface area contributed by atoms with E-state index in [1.54, 1.807) is 12.4 Å². The van der Waals surface area contributed by atoms with Crippen LogP contribution in [-0.2, 0) is 4.79 Å². The number of pyridine rings is 1. The summed E-state index contributed by atoms with van der Waals surface area (Å²) < 4.78 is 5.15. The first kappa shape index (κ1) is 15.0. The largest absolute Gasteiger partial charge is 0.352 e. The van der Waals surface area contributed by atoms with Crippen molar-refractivity contribution in [1.29, 1.82) is 0 Å². The van der Waals surface area contributed by atoms with Gasteiger partial charge in [-0.15, -0.1) is 0 Å². The second-order valence-electron chi connectivity index (χ2n) is 5.50. The van der Waals surface area contributed by atoms with Gasteiger partial charge in [-0.1, -0.05) is 30.3 Å². The van der Waals surface area contributed by atoms with Crippen molar-refractivity contribution in [2.75, 3.05) is 5.75 Å². The topological polar surface area (TPSA) is 80.9 Å². The van der Waals surface area contributed by atoms with Crippen molar-refractivity contribution >= 4 is 17.7 Å². The van der Waals surface area contributed by atoms with Crippen molar-refractivity contribution in [3.63, 3.8) is 0 Å². The first-order valence-corrected chi connectivity index (χ1v) is 8.37. The van der Waals surface area contributed by atoms with Crippen LogP contribution in [-0.4, -0.2) is 32.8 Å². The van der Waals surface area contributed by atoms with Gasteiger partial charge >= 0.3 is 0 Å². The third-order valence-electron chi connectivity index (χ3n) is 3.86. The molecule has 0 bridgehead atoms. The van der Waals surface area contributed by atoms with Crippen molar-refractivity contribution < 1.29 is 9.32 Å². The van der Waals surface area contributed by atoms with Gasteiger partial charge in [0.05, 0.1) is 5.75 Å². The Balaban J connectivity index is 1.51. The van der Waals surface area contributed by atoms with Gasteiger partial charge < -0.3 is 9.84 Å². The number of amides is 1. The standard InChI is InChI=1S/C15H18N4O2S/c1-10-4-2-6-12(10)17-13(20)9-22-15-18-14(19-21-15)11-5-3-7-16-8-11/h3,5,7-8,10,12H,2,4,6,9H2,1H3,(H,17,20)/t10-,12+/m0/s1. The number of nitrogens with one attached hydrogen (secondary N) is 1. The number of hydrogen-bond donors (Lipinski definition) is 1. The van der Waals surface area contributed by atoms with Gasteiger partial charge in [0, 0.05) is 24.0 Å². The van der Waals surface area contributed by atoms with E-state index < -0.39 is 0 Å². The summed E-state index contributed by atoms with van der Waals surface area (Å²) in [4.78, 5) is 20.2. The van der Waals surface area contributed by atoms with Gasteiger partial charge in [-0.3, -0.25) is 9.78 Å². The number of thioether (sulfide) groups is 1. The fourth-order valence-electron chi connectivity index (χ4n) is 2.62. The molecule has 3 rings (SSSR count). The summed E-state index contributed by atoms with van der Waals surface area (Å²) in [5.41, 5.74) is 0.794. The Hall–Kier alpha value is -1.89. The number of carbonyl (C=O) groups is 1. The van der Waals surface area contributed by atoms with E-state index in [1.807, 2.05) is 12.1 Å². The minimum atomic E-state index is 0.0184. The number of carbonyl (C=O) groups excluding carboxylic acids is 1. The molecular formula is C15H18N4O2S. The summed E-state index contributed by atoms with van der Waals surface area (Å²) in [6.45, 7) is 2.18. The van der Waals surface area contributed by atoms with Gasteiger partial charge in [-0.25, -0.2) is 0 Å². The summed E-state index contributed by atoms with van der Waals surface area (Å²) in [6, 6.07) is 3.98. The quantitative estimate of drug-likeness (QED) is 0.853. The SMILES string of the molecule is C[C@H]1CCC[C@H]1NC(=O)CSc1nc(-c2cccnc2)no1. The molecule has 22 heavy (non-hydrogen) atoms. The molecule has 7 heteroatoms. The second kappa shape index (κ2) is 6.91. The van der Waals surface area contributed by atoms with Crippen LogP contribution in [0.3, 0.4) is 0 Å². The van der Waals surface area contributed by atoms with Gasteiger partial charge in [-0.05, 0) is 30.9 Å². The predicted molar refractivity (Wildman–Crippen MR) is 83.2 cm³/mol. The normalized spacial score (nSPS) is 21.0. The molecular weight excluding hydrogens is 300 g/mol. The fraction of sp³-hybridized carbons (Fsp3) is 0.467. The Morgan fingerprint density at radius 3 is 3.14 bits per heavy atom. The van der Waals surface area contributed by atoms with Crippen LogP contribution in [0.2, 0.25) is 0 Å². The minimum Gasteiger partial charge on any atom is -0.352 e. The Morgan fingerprint density at radius 1 is 1.50 bits per heavy atom. The number of rotatable bonds is 5. The molecule has 0 radical (unpaired) electrons. The van der Waals surface area contributed by atoms with Crippen LogP contribution in [0, 0.1) is 5.92 Å². The van der Waals surface area contributed by atoms with Gasteiger partial charge in [0.1, 0.15) is 0 Å². The third-order valence-corrected chi connectivity index (χ3v) is 4.68. The molecule has 1 aliphatic carbocycles. The van der Waals surface area contributed by atoms with Crippen molar-refractivity contribution in [2.45, 2.75) is 37.5 Å². The summed E-state index contributed by atoms with van der Waals surface area (Å²) in [5.74, 6) is 1.36. The number of aromatic nitrogens is 3. The van der Waals surface area contributed by atoms with Gasteiger partial charge in [0.25, 0.3) is 5.22 Å². The van der Waals surface area contributed by atoms with E-state index in [4.69, 9.17) is 4.52 Å². The van der Waals surface area contributed by atoms with Gasteiger partial charge in [0.2, 0.25) is 11.7 Å². The highest BCUT2D eigenvalue weighted by molar-refractivity contribution is 7.99. The summed E-state index contributed by atoms with van der Waals surface area (Å²) >= 11 is 1.26. The molecule has 0 unspecified atom stereocenters. The van der Waals surface area contributed by atoms with E-state index in [0.29, 0.717) is 23.0 Å². The van der Waals surface area contributed by atoms with Gasteiger partial charge in [-0.2, -0.15) is 4.98 Å². The van der Waals surface area contributed by atoms with Crippen LogP contribution >= 0.6 is 11.8 Å². The molecule has 2 atom stereocenters. The van der Waals surface area contributed by atoms with Crippen molar-refractivity contribution in [2.24, 2.45) is 5.92 Å². The molecule has 1 amide bonds. The highest BCUT2D eigenvalue weighted by Gasteiger charge is 2.24. The van der Waals surface area contributed by atoms with Crippen molar-refractivity contribution in [3.8, 4) is 11.4 Å². The number of hydrogen-bond acceptors (Lipinski definition) is 6. The predicted octanol–water partition coefficient (Wildman–Crippen LogP) is 2.53. The fourth-order valence-corrected chi connectivity index (χ4v) is 3.19. The maximum atomic E-state index is 12.0. The minimum absolute atomic E-state index is 0.0184. The highest BCUT2D eigenvalue weighted by Crippen LogP contribution is 2.25. The Morgan fingerprint density at radius 2 is 2.41 bits per heavy atom. The average molecular weight is 318 g/mol. The molecule has 0 aromatic carbocycles. The Kier molecular flexibility index (Phi) is 4.72. The summed E-state index contributed by atoms with van der Waals surface area (Å²) in [7, 11) is 0. The lowest BCUT2D eigenvalue weighted by atomic mass is 10.1. The maximum absolute atomic E-state index is 12.0. The molecule has 116 valence electrons. The lowest BCUT2D eigenvalue weighted by Crippen LogP contribution is -2.37. The Labute approximate surface area is 133 Å². The molecule has 1 saturated carbocycles. The molecule has 0 spiro atoms. The molecule has 2 aromatic heterocycles.